The van der Waals surface area contributed by atoms with Crippen molar-refractivity contribution in [3.8, 4) is 0 Å². The molecule has 0 fully saturated rings. The molecule has 6 heteroatoms. The summed E-state index contributed by atoms with van der Waals surface area (Å²) in [6.07, 6.45) is 0. The van der Waals surface area contributed by atoms with Crippen LogP contribution in [0.15, 0.2) is 54.6 Å². The van der Waals surface area contributed by atoms with E-state index in [1.165, 1.54) is 11.3 Å². The van der Waals surface area contributed by atoms with E-state index in [9.17, 15) is 9.59 Å². The van der Waals surface area contributed by atoms with Crippen molar-refractivity contribution in [2.45, 2.75) is 0 Å². The van der Waals surface area contributed by atoms with E-state index in [0.717, 1.165) is 10.2 Å². The third kappa shape index (κ3) is 3.29. The van der Waals surface area contributed by atoms with Crippen molar-refractivity contribution in [1.82, 2.24) is 10.3 Å². The lowest BCUT2D eigenvalue weighted by molar-refractivity contribution is -0.115. The topological polar surface area (TPSA) is 71.1 Å². The Morgan fingerprint density at radius 3 is 2.50 bits per heavy atom. The first kappa shape index (κ1) is 14.2. The highest BCUT2D eigenvalue weighted by atomic mass is 32.1. The third-order valence-corrected chi connectivity index (χ3v) is 3.94. The van der Waals surface area contributed by atoms with E-state index in [1.54, 1.807) is 24.3 Å². The Labute approximate surface area is 131 Å². The zero-order valence-corrected chi connectivity index (χ0v) is 12.4. The van der Waals surface area contributed by atoms with Crippen LogP contribution in [0.2, 0.25) is 0 Å². The minimum atomic E-state index is -0.302. The van der Waals surface area contributed by atoms with Crippen LogP contribution in [-0.4, -0.2) is 23.3 Å². The first-order valence-corrected chi connectivity index (χ1v) is 7.53. The molecule has 1 aromatic heterocycles. The van der Waals surface area contributed by atoms with Gasteiger partial charge in [0.1, 0.15) is 0 Å². The zero-order valence-electron chi connectivity index (χ0n) is 11.6. The normalized spacial score (nSPS) is 10.4. The highest BCUT2D eigenvalue weighted by molar-refractivity contribution is 7.22. The van der Waals surface area contributed by atoms with Crippen LogP contribution in [-0.2, 0) is 4.79 Å². The van der Waals surface area contributed by atoms with Gasteiger partial charge in [-0.1, -0.05) is 41.7 Å². The molecule has 0 saturated heterocycles. The number of hydrogen-bond donors (Lipinski definition) is 2. The molecule has 0 aliphatic carbocycles. The summed E-state index contributed by atoms with van der Waals surface area (Å²) in [5.74, 6) is -0.580. The lowest BCUT2D eigenvalue weighted by atomic mass is 10.2. The molecule has 0 bridgehead atoms. The SMILES string of the molecule is O=C(CNC(=O)c1ccccc1)Nc1nc2ccccc2s1. The molecule has 1 heterocycles. The number of carbonyl (C=O) groups excluding carboxylic acids is 2. The van der Waals surface area contributed by atoms with Crippen molar-refractivity contribution in [1.29, 1.82) is 0 Å². The van der Waals surface area contributed by atoms with Crippen molar-refractivity contribution in [2.75, 3.05) is 11.9 Å². The predicted molar refractivity (Wildman–Crippen MR) is 87.0 cm³/mol. The number of benzene rings is 2. The van der Waals surface area contributed by atoms with Gasteiger partial charge in [-0.2, -0.15) is 0 Å². The Hall–Kier alpha value is -2.73. The predicted octanol–water partition coefficient (Wildman–Crippen LogP) is 2.66. The Balaban J connectivity index is 1.57. The van der Waals surface area contributed by atoms with Gasteiger partial charge in [0.05, 0.1) is 16.8 Å². The monoisotopic (exact) mass is 311 g/mol. The summed E-state index contributed by atoms with van der Waals surface area (Å²) < 4.78 is 1.01. The maximum atomic E-state index is 11.9. The highest BCUT2D eigenvalue weighted by Crippen LogP contribution is 2.25. The van der Waals surface area contributed by atoms with Crippen LogP contribution >= 0.6 is 11.3 Å². The van der Waals surface area contributed by atoms with E-state index < -0.39 is 0 Å². The summed E-state index contributed by atoms with van der Waals surface area (Å²) in [5.41, 5.74) is 1.37. The quantitative estimate of drug-likeness (QED) is 0.778. The molecule has 3 aromatic rings. The van der Waals surface area contributed by atoms with Crippen LogP contribution < -0.4 is 10.6 Å². The molecule has 0 spiro atoms. The molecule has 2 amide bonds. The van der Waals surface area contributed by atoms with Crippen LogP contribution in [0.25, 0.3) is 10.2 Å². The van der Waals surface area contributed by atoms with Gasteiger partial charge >= 0.3 is 0 Å². The molecule has 0 aliphatic rings. The number of carbonyl (C=O) groups is 2. The number of thiazole rings is 1. The molecule has 0 saturated carbocycles. The first-order valence-electron chi connectivity index (χ1n) is 6.71. The van der Waals surface area contributed by atoms with Gasteiger partial charge in [-0.15, -0.1) is 0 Å². The second kappa shape index (κ2) is 6.36. The number of nitrogens with zero attached hydrogens (tertiary/aromatic N) is 1. The van der Waals surface area contributed by atoms with Crippen LogP contribution in [0.5, 0.6) is 0 Å². The fourth-order valence-corrected chi connectivity index (χ4v) is 2.82. The van der Waals surface area contributed by atoms with E-state index in [1.807, 2.05) is 30.3 Å². The Kier molecular flexibility index (Phi) is 4.11. The van der Waals surface area contributed by atoms with Gasteiger partial charge in [-0.05, 0) is 24.3 Å². The second-order valence-corrected chi connectivity index (χ2v) is 5.61. The minimum absolute atomic E-state index is 0.0936. The Morgan fingerprint density at radius 2 is 1.73 bits per heavy atom. The molecule has 2 aromatic carbocycles. The van der Waals surface area contributed by atoms with Crippen molar-refractivity contribution in [2.24, 2.45) is 0 Å². The molecule has 22 heavy (non-hydrogen) atoms. The van der Waals surface area contributed by atoms with Crippen molar-refractivity contribution >= 4 is 38.5 Å². The van der Waals surface area contributed by atoms with Crippen molar-refractivity contribution < 1.29 is 9.59 Å². The lowest BCUT2D eigenvalue weighted by Gasteiger charge is -2.04. The molecular formula is C16H13N3O2S. The molecule has 0 atom stereocenters. The summed E-state index contributed by atoms with van der Waals surface area (Å²) in [6, 6.07) is 16.4. The summed E-state index contributed by atoms with van der Waals surface area (Å²) in [5, 5.41) is 5.80. The smallest absolute Gasteiger partial charge is 0.251 e. The number of amides is 2. The number of rotatable bonds is 4. The highest BCUT2D eigenvalue weighted by Gasteiger charge is 2.10. The molecule has 2 N–H and O–H groups in total. The Bertz CT molecular complexity index is 781. The van der Waals surface area contributed by atoms with Gasteiger partial charge in [-0.3, -0.25) is 9.59 Å². The summed E-state index contributed by atoms with van der Waals surface area (Å²) in [6.45, 7) is -0.0936. The van der Waals surface area contributed by atoms with Gasteiger partial charge in [0.15, 0.2) is 5.13 Å². The molecule has 5 nitrogen and oxygen atoms in total. The van der Waals surface area contributed by atoms with Crippen LogP contribution in [0.3, 0.4) is 0 Å². The number of fused-ring (bicyclic) bond motifs is 1. The van der Waals surface area contributed by atoms with Gasteiger partial charge in [0.25, 0.3) is 5.91 Å². The number of para-hydroxylation sites is 1. The maximum absolute atomic E-state index is 11.9. The molecule has 3 rings (SSSR count). The number of hydrogen-bond acceptors (Lipinski definition) is 4. The summed E-state index contributed by atoms with van der Waals surface area (Å²) >= 11 is 1.40. The summed E-state index contributed by atoms with van der Waals surface area (Å²) in [7, 11) is 0. The van der Waals surface area contributed by atoms with Gasteiger partial charge in [0.2, 0.25) is 5.91 Å². The molecule has 0 unspecified atom stereocenters. The van der Waals surface area contributed by atoms with Crippen molar-refractivity contribution in [3.63, 3.8) is 0 Å². The van der Waals surface area contributed by atoms with E-state index in [2.05, 4.69) is 15.6 Å². The molecular weight excluding hydrogens is 298 g/mol. The number of anilines is 1. The van der Waals surface area contributed by atoms with E-state index in [-0.39, 0.29) is 18.4 Å². The van der Waals surface area contributed by atoms with Gasteiger partial charge in [-0.25, -0.2) is 4.98 Å². The van der Waals surface area contributed by atoms with E-state index in [4.69, 9.17) is 0 Å². The summed E-state index contributed by atoms with van der Waals surface area (Å²) in [4.78, 5) is 28.0. The third-order valence-electron chi connectivity index (χ3n) is 2.99. The van der Waals surface area contributed by atoms with Crippen LogP contribution in [0.1, 0.15) is 10.4 Å². The zero-order chi connectivity index (χ0) is 15.4. The van der Waals surface area contributed by atoms with Crippen LogP contribution in [0, 0.1) is 0 Å². The fraction of sp³-hybridized carbons (Fsp3) is 0.0625. The van der Waals surface area contributed by atoms with E-state index >= 15 is 0 Å². The minimum Gasteiger partial charge on any atom is -0.343 e. The number of aromatic nitrogens is 1. The van der Waals surface area contributed by atoms with E-state index in [0.29, 0.717) is 10.7 Å². The average molecular weight is 311 g/mol. The Morgan fingerprint density at radius 1 is 1.00 bits per heavy atom. The lowest BCUT2D eigenvalue weighted by Crippen LogP contribution is -2.32. The number of nitrogens with one attached hydrogen (secondary N) is 2. The first-order chi connectivity index (χ1) is 10.7. The largest absolute Gasteiger partial charge is 0.343 e. The van der Waals surface area contributed by atoms with Gasteiger partial charge < -0.3 is 10.6 Å². The van der Waals surface area contributed by atoms with Crippen LogP contribution in [0.4, 0.5) is 5.13 Å². The maximum Gasteiger partial charge on any atom is 0.251 e. The van der Waals surface area contributed by atoms with Gasteiger partial charge in [0, 0.05) is 5.56 Å². The van der Waals surface area contributed by atoms with Crippen molar-refractivity contribution in [3.05, 3.63) is 60.2 Å². The average Bonchev–Trinajstić information content (AvgIpc) is 2.95. The fourth-order valence-electron chi connectivity index (χ4n) is 1.94. The molecule has 0 radical (unpaired) electrons. The molecule has 0 aliphatic heterocycles. The molecule has 110 valence electrons. The second-order valence-electron chi connectivity index (χ2n) is 4.58. The standard InChI is InChI=1S/C16H13N3O2S/c20-14(10-17-15(21)11-6-2-1-3-7-11)19-16-18-12-8-4-5-9-13(12)22-16/h1-9H,10H2,(H,17,21)(H,18,19,20).